The highest BCUT2D eigenvalue weighted by molar-refractivity contribution is 5.92. The molecule has 0 unspecified atom stereocenters. The van der Waals surface area contributed by atoms with Gasteiger partial charge in [0.2, 0.25) is 5.91 Å². The van der Waals surface area contributed by atoms with Crippen molar-refractivity contribution in [3.05, 3.63) is 59.7 Å². The molecule has 5 nitrogen and oxygen atoms in total. The molecule has 2 aromatic rings. The monoisotopic (exact) mass is 392 g/mol. The molecule has 0 saturated carbocycles. The molecule has 2 heterocycles. The summed E-state index contributed by atoms with van der Waals surface area (Å²) in [4.78, 5) is 16.9. The van der Waals surface area contributed by atoms with E-state index in [0.717, 1.165) is 49.7 Å². The van der Waals surface area contributed by atoms with Gasteiger partial charge in [0.05, 0.1) is 6.61 Å². The maximum atomic E-state index is 12.7. The second kappa shape index (κ2) is 8.60. The summed E-state index contributed by atoms with van der Waals surface area (Å²) in [5.41, 5.74) is 3.27. The van der Waals surface area contributed by atoms with E-state index in [1.165, 1.54) is 11.3 Å². The van der Waals surface area contributed by atoms with E-state index in [9.17, 15) is 4.79 Å². The van der Waals surface area contributed by atoms with Gasteiger partial charge in [-0.15, -0.1) is 0 Å². The van der Waals surface area contributed by atoms with E-state index in [-0.39, 0.29) is 12.0 Å². The van der Waals surface area contributed by atoms with Crippen LogP contribution in [0.5, 0.6) is 11.5 Å². The van der Waals surface area contributed by atoms with Crippen molar-refractivity contribution in [2.45, 2.75) is 26.4 Å². The molecule has 1 fully saturated rings. The number of rotatable bonds is 5. The Morgan fingerprint density at radius 2 is 1.93 bits per heavy atom. The SMILES string of the molecule is CCOc1cc2c(cc1/C=C/C(=O)N1CCN(c3ccccc3)CC1)O[C@H](C)C2. The average molecular weight is 392 g/mol. The molecule has 0 N–H and O–H groups in total. The van der Waals surface area contributed by atoms with Crippen molar-refractivity contribution in [2.24, 2.45) is 0 Å². The van der Waals surface area contributed by atoms with E-state index < -0.39 is 0 Å². The molecule has 0 aromatic heterocycles. The molecule has 1 atom stereocenters. The summed E-state index contributed by atoms with van der Waals surface area (Å²) in [7, 11) is 0. The van der Waals surface area contributed by atoms with Crippen LogP contribution in [0.1, 0.15) is 25.0 Å². The van der Waals surface area contributed by atoms with Crippen LogP contribution in [0.25, 0.3) is 6.08 Å². The van der Waals surface area contributed by atoms with Crippen molar-refractivity contribution in [3.63, 3.8) is 0 Å². The van der Waals surface area contributed by atoms with Gasteiger partial charge in [-0.05, 0) is 44.2 Å². The fourth-order valence-corrected chi connectivity index (χ4v) is 3.96. The number of nitrogens with zero attached hydrogens (tertiary/aromatic N) is 2. The molecule has 0 aliphatic carbocycles. The van der Waals surface area contributed by atoms with Crippen molar-refractivity contribution >= 4 is 17.7 Å². The van der Waals surface area contributed by atoms with Gasteiger partial charge in [0, 0.05) is 55.5 Å². The van der Waals surface area contributed by atoms with Crippen LogP contribution in [-0.2, 0) is 11.2 Å². The number of anilines is 1. The minimum Gasteiger partial charge on any atom is -0.493 e. The molecule has 0 radical (unpaired) electrons. The summed E-state index contributed by atoms with van der Waals surface area (Å²) in [6, 6.07) is 14.4. The van der Waals surface area contributed by atoms with Gasteiger partial charge in [0.15, 0.2) is 0 Å². The zero-order valence-corrected chi connectivity index (χ0v) is 17.1. The van der Waals surface area contributed by atoms with Crippen molar-refractivity contribution in [3.8, 4) is 11.5 Å². The second-order valence-corrected chi connectivity index (χ2v) is 7.54. The lowest BCUT2D eigenvalue weighted by atomic mass is 10.1. The zero-order valence-electron chi connectivity index (χ0n) is 17.1. The first kappa shape index (κ1) is 19.4. The largest absolute Gasteiger partial charge is 0.493 e. The average Bonchev–Trinajstić information content (AvgIpc) is 3.11. The highest BCUT2D eigenvalue weighted by Crippen LogP contribution is 2.35. The summed E-state index contributed by atoms with van der Waals surface area (Å²) in [5.74, 6) is 1.74. The first-order valence-electron chi connectivity index (χ1n) is 10.4. The molecule has 0 spiro atoms. The molecule has 4 rings (SSSR count). The van der Waals surface area contributed by atoms with Gasteiger partial charge in [-0.2, -0.15) is 0 Å². The molecule has 0 bridgehead atoms. The number of hydrogen-bond donors (Lipinski definition) is 0. The Labute approximate surface area is 172 Å². The number of hydrogen-bond acceptors (Lipinski definition) is 4. The maximum absolute atomic E-state index is 12.7. The highest BCUT2D eigenvalue weighted by atomic mass is 16.5. The van der Waals surface area contributed by atoms with Gasteiger partial charge >= 0.3 is 0 Å². The third-order valence-electron chi connectivity index (χ3n) is 5.45. The van der Waals surface area contributed by atoms with Gasteiger partial charge in [0.25, 0.3) is 0 Å². The number of fused-ring (bicyclic) bond motifs is 1. The molecule has 2 aliphatic rings. The normalized spacial score (nSPS) is 18.6. The van der Waals surface area contributed by atoms with Crippen LogP contribution >= 0.6 is 0 Å². The Balaban J connectivity index is 1.42. The summed E-state index contributed by atoms with van der Waals surface area (Å²) < 4.78 is 11.7. The third kappa shape index (κ3) is 4.39. The lowest BCUT2D eigenvalue weighted by molar-refractivity contribution is -0.126. The van der Waals surface area contributed by atoms with Crippen LogP contribution in [0.15, 0.2) is 48.5 Å². The number of piperazine rings is 1. The van der Waals surface area contributed by atoms with E-state index in [2.05, 4.69) is 24.0 Å². The van der Waals surface area contributed by atoms with Gasteiger partial charge in [-0.25, -0.2) is 0 Å². The lowest BCUT2D eigenvalue weighted by Gasteiger charge is -2.35. The first-order valence-corrected chi connectivity index (χ1v) is 10.4. The summed E-state index contributed by atoms with van der Waals surface area (Å²) >= 11 is 0. The molecule has 1 amide bonds. The zero-order chi connectivity index (χ0) is 20.2. The van der Waals surface area contributed by atoms with Crippen molar-refractivity contribution in [2.75, 3.05) is 37.7 Å². The van der Waals surface area contributed by atoms with Crippen LogP contribution in [0.2, 0.25) is 0 Å². The number of ether oxygens (including phenoxy) is 2. The number of carbonyl (C=O) groups is 1. The van der Waals surface area contributed by atoms with Crippen molar-refractivity contribution in [1.82, 2.24) is 4.90 Å². The van der Waals surface area contributed by atoms with Crippen LogP contribution in [0.4, 0.5) is 5.69 Å². The maximum Gasteiger partial charge on any atom is 0.246 e. The fourth-order valence-electron chi connectivity index (χ4n) is 3.96. The molecule has 1 saturated heterocycles. The third-order valence-corrected chi connectivity index (χ3v) is 5.45. The van der Waals surface area contributed by atoms with E-state index in [1.807, 2.05) is 48.2 Å². The molecular weight excluding hydrogens is 364 g/mol. The van der Waals surface area contributed by atoms with Gasteiger partial charge in [0.1, 0.15) is 17.6 Å². The quantitative estimate of drug-likeness (QED) is 0.727. The van der Waals surface area contributed by atoms with Crippen LogP contribution in [-0.4, -0.2) is 49.7 Å². The van der Waals surface area contributed by atoms with Crippen LogP contribution < -0.4 is 14.4 Å². The van der Waals surface area contributed by atoms with Gasteiger partial charge in [-0.3, -0.25) is 4.79 Å². The fraction of sp³-hybridized carbons (Fsp3) is 0.375. The van der Waals surface area contributed by atoms with Gasteiger partial charge < -0.3 is 19.3 Å². The van der Waals surface area contributed by atoms with E-state index in [4.69, 9.17) is 9.47 Å². The van der Waals surface area contributed by atoms with E-state index in [0.29, 0.717) is 6.61 Å². The molecule has 2 aliphatic heterocycles. The minimum absolute atomic E-state index is 0.0370. The molecular formula is C24H28N2O3. The van der Waals surface area contributed by atoms with Crippen LogP contribution in [0, 0.1) is 0 Å². The Morgan fingerprint density at radius 1 is 1.17 bits per heavy atom. The number of amides is 1. The summed E-state index contributed by atoms with van der Waals surface area (Å²) in [5, 5.41) is 0. The lowest BCUT2D eigenvalue weighted by Crippen LogP contribution is -2.48. The smallest absolute Gasteiger partial charge is 0.246 e. The number of benzene rings is 2. The standard InChI is InChI=1S/C24H28N2O3/c1-3-28-22-17-20-15-18(2)29-23(20)16-19(22)9-10-24(27)26-13-11-25(12-14-26)21-7-5-4-6-8-21/h4-10,16-18H,3,11-15H2,1-2H3/b10-9+/t18-/m1/s1. The second-order valence-electron chi connectivity index (χ2n) is 7.54. The number of carbonyl (C=O) groups excluding carboxylic acids is 1. The van der Waals surface area contributed by atoms with Crippen molar-refractivity contribution in [1.29, 1.82) is 0 Å². The highest BCUT2D eigenvalue weighted by Gasteiger charge is 2.22. The van der Waals surface area contributed by atoms with Crippen LogP contribution in [0.3, 0.4) is 0 Å². The predicted molar refractivity (Wildman–Crippen MR) is 116 cm³/mol. The molecule has 152 valence electrons. The Hall–Kier alpha value is -2.95. The Bertz CT molecular complexity index is 886. The Kier molecular flexibility index (Phi) is 5.74. The van der Waals surface area contributed by atoms with Crippen molar-refractivity contribution < 1.29 is 14.3 Å². The summed E-state index contributed by atoms with van der Waals surface area (Å²) in [6.07, 6.45) is 4.58. The first-order chi connectivity index (χ1) is 14.1. The van der Waals surface area contributed by atoms with E-state index >= 15 is 0 Å². The molecule has 5 heteroatoms. The molecule has 2 aromatic carbocycles. The summed E-state index contributed by atoms with van der Waals surface area (Å²) in [6.45, 7) is 7.76. The topological polar surface area (TPSA) is 42.0 Å². The van der Waals surface area contributed by atoms with Gasteiger partial charge in [-0.1, -0.05) is 18.2 Å². The van der Waals surface area contributed by atoms with E-state index in [1.54, 1.807) is 6.08 Å². The minimum atomic E-state index is 0.0370. The number of para-hydroxylation sites is 1. The predicted octanol–water partition coefficient (Wildman–Crippen LogP) is 3.77. The molecule has 29 heavy (non-hydrogen) atoms. The Morgan fingerprint density at radius 3 is 2.66 bits per heavy atom.